The normalized spacial score (nSPS) is 23.9. The van der Waals surface area contributed by atoms with E-state index in [1.165, 1.54) is 12.8 Å². The van der Waals surface area contributed by atoms with Gasteiger partial charge in [-0.2, -0.15) is 0 Å². The monoisotopic (exact) mass is 276 g/mol. The van der Waals surface area contributed by atoms with Gasteiger partial charge in [-0.15, -0.1) is 0 Å². The summed E-state index contributed by atoms with van der Waals surface area (Å²) in [4.78, 5) is 0. The van der Waals surface area contributed by atoms with Gasteiger partial charge in [0.25, 0.3) is 0 Å². The maximum absolute atomic E-state index is 12.0. The molecular formula is C13H28N2O2S. The second kappa shape index (κ2) is 6.35. The molecule has 1 saturated heterocycles. The standard InChI is InChI=1S/C13H28N2O2S/c1-11(12-7-5-6-9-14-12)15-18(16,17)10-8-13(2,3)4/h11-12,14-15H,5-10H2,1-4H3. The molecule has 108 valence electrons. The van der Waals surface area contributed by atoms with Crippen molar-refractivity contribution in [3.8, 4) is 0 Å². The third kappa shape index (κ3) is 6.16. The van der Waals surface area contributed by atoms with Gasteiger partial charge in [-0.25, -0.2) is 13.1 Å². The van der Waals surface area contributed by atoms with Crippen LogP contribution in [-0.2, 0) is 10.0 Å². The molecule has 2 atom stereocenters. The van der Waals surface area contributed by atoms with E-state index in [1.54, 1.807) is 0 Å². The van der Waals surface area contributed by atoms with Crippen molar-refractivity contribution in [2.75, 3.05) is 12.3 Å². The van der Waals surface area contributed by atoms with Gasteiger partial charge in [-0.05, 0) is 38.1 Å². The van der Waals surface area contributed by atoms with Crippen LogP contribution in [0.25, 0.3) is 0 Å². The molecule has 0 amide bonds. The van der Waals surface area contributed by atoms with Crippen LogP contribution in [0.3, 0.4) is 0 Å². The third-order valence-corrected chi connectivity index (χ3v) is 4.91. The Hall–Kier alpha value is -0.130. The highest BCUT2D eigenvalue weighted by atomic mass is 32.2. The molecule has 0 aromatic rings. The first-order valence-electron chi connectivity index (χ1n) is 6.93. The molecular weight excluding hydrogens is 248 g/mol. The van der Waals surface area contributed by atoms with Crippen molar-refractivity contribution in [2.24, 2.45) is 5.41 Å². The molecule has 1 heterocycles. The fourth-order valence-electron chi connectivity index (χ4n) is 2.17. The van der Waals surface area contributed by atoms with E-state index in [0.717, 1.165) is 13.0 Å². The van der Waals surface area contributed by atoms with Crippen molar-refractivity contribution in [3.63, 3.8) is 0 Å². The number of sulfonamides is 1. The van der Waals surface area contributed by atoms with E-state index in [1.807, 2.05) is 6.92 Å². The van der Waals surface area contributed by atoms with Crippen LogP contribution in [-0.4, -0.2) is 32.8 Å². The molecule has 0 aliphatic carbocycles. The number of piperidine rings is 1. The van der Waals surface area contributed by atoms with Crippen LogP contribution in [0.15, 0.2) is 0 Å². The Kier molecular flexibility index (Phi) is 5.62. The lowest BCUT2D eigenvalue weighted by Crippen LogP contribution is -2.50. The van der Waals surface area contributed by atoms with Crippen LogP contribution >= 0.6 is 0 Å². The summed E-state index contributed by atoms with van der Waals surface area (Å²) in [6, 6.07) is 0.262. The Labute approximate surface area is 112 Å². The molecule has 0 bridgehead atoms. The predicted molar refractivity (Wildman–Crippen MR) is 76.1 cm³/mol. The van der Waals surface area contributed by atoms with Gasteiger partial charge < -0.3 is 5.32 Å². The Bertz CT molecular complexity index is 340. The fourth-order valence-corrected chi connectivity index (χ4v) is 3.90. The SMILES string of the molecule is CC(NS(=O)(=O)CCC(C)(C)C)C1CCCCN1. The number of hydrogen-bond acceptors (Lipinski definition) is 3. The summed E-state index contributed by atoms with van der Waals surface area (Å²) in [5.41, 5.74) is 0.0566. The van der Waals surface area contributed by atoms with Gasteiger partial charge in [0.05, 0.1) is 5.75 Å². The molecule has 2 N–H and O–H groups in total. The second-order valence-corrected chi connectivity index (χ2v) is 8.47. The Morgan fingerprint density at radius 1 is 1.33 bits per heavy atom. The van der Waals surface area contributed by atoms with Gasteiger partial charge in [0.2, 0.25) is 10.0 Å². The summed E-state index contributed by atoms with van der Waals surface area (Å²) in [5.74, 6) is 0.216. The summed E-state index contributed by atoms with van der Waals surface area (Å²) < 4.78 is 26.8. The highest BCUT2D eigenvalue weighted by molar-refractivity contribution is 7.89. The van der Waals surface area contributed by atoms with Crippen molar-refractivity contribution in [1.29, 1.82) is 0 Å². The van der Waals surface area contributed by atoms with Crippen molar-refractivity contribution in [3.05, 3.63) is 0 Å². The van der Waals surface area contributed by atoms with E-state index in [-0.39, 0.29) is 23.3 Å². The van der Waals surface area contributed by atoms with Gasteiger partial charge in [-0.3, -0.25) is 0 Å². The van der Waals surface area contributed by atoms with Crippen LogP contribution in [0.2, 0.25) is 0 Å². The molecule has 0 radical (unpaired) electrons. The highest BCUT2D eigenvalue weighted by Crippen LogP contribution is 2.19. The number of rotatable bonds is 5. The van der Waals surface area contributed by atoms with Crippen molar-refractivity contribution in [1.82, 2.24) is 10.0 Å². The largest absolute Gasteiger partial charge is 0.312 e. The van der Waals surface area contributed by atoms with E-state index in [2.05, 4.69) is 30.8 Å². The molecule has 5 heteroatoms. The van der Waals surface area contributed by atoms with Gasteiger partial charge in [-0.1, -0.05) is 27.2 Å². The van der Waals surface area contributed by atoms with E-state index < -0.39 is 10.0 Å². The van der Waals surface area contributed by atoms with Crippen molar-refractivity contribution < 1.29 is 8.42 Å². The average molecular weight is 276 g/mol. The molecule has 1 aliphatic rings. The Morgan fingerprint density at radius 3 is 2.50 bits per heavy atom. The van der Waals surface area contributed by atoms with E-state index in [9.17, 15) is 8.42 Å². The molecule has 4 nitrogen and oxygen atoms in total. The molecule has 2 unspecified atom stereocenters. The van der Waals surface area contributed by atoms with Crippen LogP contribution in [0.1, 0.15) is 53.4 Å². The van der Waals surface area contributed by atoms with E-state index in [0.29, 0.717) is 6.42 Å². The second-order valence-electron chi connectivity index (χ2n) is 6.59. The van der Waals surface area contributed by atoms with Gasteiger partial charge in [0, 0.05) is 12.1 Å². The highest BCUT2D eigenvalue weighted by Gasteiger charge is 2.24. The third-order valence-electron chi connectivity index (χ3n) is 3.44. The Morgan fingerprint density at radius 2 is 2.00 bits per heavy atom. The summed E-state index contributed by atoms with van der Waals surface area (Å²) in [6.45, 7) is 9.15. The predicted octanol–water partition coefficient (Wildman–Crippen LogP) is 1.87. The molecule has 0 aromatic carbocycles. The van der Waals surface area contributed by atoms with Crippen LogP contribution in [0.5, 0.6) is 0 Å². The maximum Gasteiger partial charge on any atom is 0.211 e. The van der Waals surface area contributed by atoms with Crippen LogP contribution in [0.4, 0.5) is 0 Å². The lowest BCUT2D eigenvalue weighted by atomic mass is 9.94. The number of hydrogen-bond donors (Lipinski definition) is 2. The molecule has 1 fully saturated rings. The summed E-state index contributed by atoms with van der Waals surface area (Å²) in [5, 5.41) is 3.39. The first kappa shape index (κ1) is 15.9. The lowest BCUT2D eigenvalue weighted by Gasteiger charge is -2.29. The fraction of sp³-hybridized carbons (Fsp3) is 1.00. The molecule has 1 rings (SSSR count). The quantitative estimate of drug-likeness (QED) is 0.806. The number of nitrogens with one attached hydrogen (secondary N) is 2. The first-order chi connectivity index (χ1) is 8.20. The average Bonchev–Trinajstić information content (AvgIpc) is 2.26. The molecule has 0 spiro atoms. The van der Waals surface area contributed by atoms with Crippen molar-refractivity contribution >= 4 is 10.0 Å². The zero-order chi connectivity index (χ0) is 13.8. The molecule has 1 aliphatic heterocycles. The van der Waals surface area contributed by atoms with Crippen LogP contribution in [0, 0.1) is 5.41 Å². The summed E-state index contributed by atoms with van der Waals surface area (Å²) in [6.07, 6.45) is 4.13. The maximum atomic E-state index is 12.0. The smallest absolute Gasteiger partial charge is 0.211 e. The molecule has 18 heavy (non-hydrogen) atoms. The van der Waals surface area contributed by atoms with E-state index in [4.69, 9.17) is 0 Å². The van der Waals surface area contributed by atoms with E-state index >= 15 is 0 Å². The first-order valence-corrected chi connectivity index (χ1v) is 8.58. The van der Waals surface area contributed by atoms with Gasteiger partial charge >= 0.3 is 0 Å². The topological polar surface area (TPSA) is 58.2 Å². The summed E-state index contributed by atoms with van der Waals surface area (Å²) in [7, 11) is -3.15. The minimum Gasteiger partial charge on any atom is -0.312 e. The Balaban J connectivity index is 2.43. The molecule has 0 aromatic heterocycles. The minimum absolute atomic E-state index is 0.0183. The van der Waals surface area contributed by atoms with Crippen molar-refractivity contribution in [2.45, 2.75) is 65.5 Å². The lowest BCUT2D eigenvalue weighted by molar-refractivity contribution is 0.345. The zero-order valence-corrected chi connectivity index (χ0v) is 12.9. The minimum atomic E-state index is -3.15. The van der Waals surface area contributed by atoms with Gasteiger partial charge in [0.1, 0.15) is 0 Å². The summed E-state index contributed by atoms with van der Waals surface area (Å²) >= 11 is 0. The molecule has 0 saturated carbocycles. The van der Waals surface area contributed by atoms with Crippen LogP contribution < -0.4 is 10.0 Å². The zero-order valence-electron chi connectivity index (χ0n) is 12.1. The van der Waals surface area contributed by atoms with Gasteiger partial charge in [0.15, 0.2) is 0 Å².